The third-order valence-electron chi connectivity index (χ3n) is 7.74. The van der Waals surface area contributed by atoms with Crippen molar-refractivity contribution in [2.45, 2.75) is 109 Å². The van der Waals surface area contributed by atoms with Crippen molar-refractivity contribution in [3.05, 3.63) is 47.1 Å². The van der Waals surface area contributed by atoms with Gasteiger partial charge in [-0.25, -0.2) is 4.79 Å². The van der Waals surface area contributed by atoms with Gasteiger partial charge in [0.05, 0.1) is 11.8 Å². The first-order valence-electron chi connectivity index (χ1n) is 13.5. The Hall–Kier alpha value is -2.05. The van der Waals surface area contributed by atoms with Gasteiger partial charge in [0.15, 0.2) is 0 Å². The standard InChI is InChI=1S/C28H44N4O2/c1-21(2)30(22(3)4)18-17-29-23-9-11-24(12-10-23)31-19-20-32(28(31)33)25-13-15-27(16-14-25)34-26-7-5-6-8-26/h13-16,19-24,26,29H,5-12,17-18H2,1-4H3. The molecule has 0 radical (unpaired) electrons. The van der Waals surface area contributed by atoms with Gasteiger partial charge in [-0.05, 0) is 103 Å². The van der Waals surface area contributed by atoms with Crippen LogP contribution in [0.5, 0.6) is 5.75 Å². The fourth-order valence-electron chi connectivity index (χ4n) is 5.82. The van der Waals surface area contributed by atoms with Gasteiger partial charge >= 0.3 is 5.69 Å². The molecule has 2 fully saturated rings. The summed E-state index contributed by atoms with van der Waals surface area (Å²) in [6, 6.07) is 9.97. The number of rotatable bonds is 10. The van der Waals surface area contributed by atoms with E-state index in [4.69, 9.17) is 4.74 Å². The molecule has 6 heteroatoms. The molecule has 4 rings (SSSR count). The minimum absolute atomic E-state index is 0.0605. The molecule has 188 valence electrons. The van der Waals surface area contributed by atoms with Crippen molar-refractivity contribution < 1.29 is 4.74 Å². The summed E-state index contributed by atoms with van der Waals surface area (Å²) in [6.45, 7) is 11.2. The van der Waals surface area contributed by atoms with Crippen LogP contribution in [0, 0.1) is 0 Å². The van der Waals surface area contributed by atoms with Gasteiger partial charge in [-0.3, -0.25) is 14.0 Å². The lowest BCUT2D eigenvalue weighted by Gasteiger charge is -2.33. The van der Waals surface area contributed by atoms with Gasteiger partial charge in [-0.15, -0.1) is 0 Å². The van der Waals surface area contributed by atoms with Crippen molar-refractivity contribution in [1.29, 1.82) is 0 Å². The maximum absolute atomic E-state index is 13.2. The average molecular weight is 469 g/mol. The number of nitrogens with zero attached hydrogens (tertiary/aromatic N) is 3. The summed E-state index contributed by atoms with van der Waals surface area (Å²) in [5.74, 6) is 0.902. The van der Waals surface area contributed by atoms with Crippen LogP contribution in [0.2, 0.25) is 0 Å². The summed E-state index contributed by atoms with van der Waals surface area (Å²) in [4.78, 5) is 15.7. The van der Waals surface area contributed by atoms with Gasteiger partial charge in [-0.2, -0.15) is 0 Å². The van der Waals surface area contributed by atoms with E-state index in [1.54, 1.807) is 4.57 Å². The van der Waals surface area contributed by atoms with Crippen LogP contribution in [0.1, 0.15) is 85.1 Å². The lowest BCUT2D eigenvalue weighted by Crippen LogP contribution is -2.44. The van der Waals surface area contributed by atoms with Gasteiger partial charge in [0.1, 0.15) is 5.75 Å². The molecule has 0 spiro atoms. The average Bonchev–Trinajstić information content (AvgIpc) is 3.47. The second kappa shape index (κ2) is 11.6. The molecule has 2 aliphatic carbocycles. The first-order valence-corrected chi connectivity index (χ1v) is 13.5. The van der Waals surface area contributed by atoms with Crippen LogP contribution >= 0.6 is 0 Å². The van der Waals surface area contributed by atoms with E-state index >= 15 is 0 Å². The molecule has 2 aliphatic rings. The highest BCUT2D eigenvalue weighted by molar-refractivity contribution is 5.37. The predicted molar refractivity (Wildman–Crippen MR) is 139 cm³/mol. The SMILES string of the molecule is CC(C)N(CCNC1CCC(n2ccn(-c3ccc(OC4CCCC4)cc3)c2=O)CC1)C(C)C. The van der Waals surface area contributed by atoms with E-state index in [9.17, 15) is 4.79 Å². The van der Waals surface area contributed by atoms with Crippen molar-refractivity contribution in [1.82, 2.24) is 19.4 Å². The molecule has 0 unspecified atom stereocenters. The summed E-state index contributed by atoms with van der Waals surface area (Å²) in [5, 5.41) is 3.76. The molecule has 0 aliphatic heterocycles. The van der Waals surface area contributed by atoms with E-state index in [0.29, 0.717) is 30.3 Å². The summed E-state index contributed by atoms with van der Waals surface area (Å²) in [5.41, 5.74) is 0.961. The number of imidazole rings is 1. The number of hydrogen-bond donors (Lipinski definition) is 1. The summed E-state index contributed by atoms with van der Waals surface area (Å²) in [7, 11) is 0. The van der Waals surface area contributed by atoms with E-state index < -0.39 is 0 Å². The number of benzene rings is 1. The Morgan fingerprint density at radius 2 is 1.59 bits per heavy atom. The fraction of sp³-hybridized carbons (Fsp3) is 0.679. The second-order valence-corrected chi connectivity index (χ2v) is 10.8. The molecule has 0 bridgehead atoms. The second-order valence-electron chi connectivity index (χ2n) is 10.8. The van der Waals surface area contributed by atoms with Crippen LogP contribution in [0.3, 0.4) is 0 Å². The maximum Gasteiger partial charge on any atom is 0.332 e. The summed E-state index contributed by atoms with van der Waals surface area (Å²) >= 11 is 0. The third-order valence-corrected chi connectivity index (χ3v) is 7.74. The fourth-order valence-corrected chi connectivity index (χ4v) is 5.82. The molecule has 0 amide bonds. The monoisotopic (exact) mass is 468 g/mol. The lowest BCUT2D eigenvalue weighted by molar-refractivity contribution is 0.170. The molecule has 2 saturated carbocycles. The molecule has 34 heavy (non-hydrogen) atoms. The van der Waals surface area contributed by atoms with E-state index in [-0.39, 0.29) is 5.69 Å². The number of ether oxygens (including phenoxy) is 1. The zero-order valence-corrected chi connectivity index (χ0v) is 21.6. The van der Waals surface area contributed by atoms with Crippen molar-refractivity contribution in [2.24, 2.45) is 0 Å². The molecular weight excluding hydrogens is 424 g/mol. The minimum Gasteiger partial charge on any atom is -0.490 e. The molecular formula is C28H44N4O2. The molecule has 2 aromatic rings. The van der Waals surface area contributed by atoms with Crippen molar-refractivity contribution in [3.8, 4) is 11.4 Å². The van der Waals surface area contributed by atoms with Crippen molar-refractivity contribution in [3.63, 3.8) is 0 Å². The topological polar surface area (TPSA) is 51.4 Å². The van der Waals surface area contributed by atoms with Crippen LogP contribution in [0.15, 0.2) is 41.5 Å². The molecule has 1 heterocycles. The first kappa shape index (κ1) is 25.1. The number of hydrogen-bond acceptors (Lipinski definition) is 4. The zero-order chi connectivity index (χ0) is 24.1. The van der Waals surface area contributed by atoms with Crippen LogP contribution in [-0.2, 0) is 0 Å². The van der Waals surface area contributed by atoms with E-state index in [0.717, 1.165) is 63.1 Å². The smallest absolute Gasteiger partial charge is 0.332 e. The largest absolute Gasteiger partial charge is 0.490 e. The molecule has 6 nitrogen and oxygen atoms in total. The molecule has 0 saturated heterocycles. The van der Waals surface area contributed by atoms with Gasteiger partial charge < -0.3 is 10.1 Å². The Kier molecular flexibility index (Phi) is 8.54. The lowest BCUT2D eigenvalue weighted by atomic mass is 9.91. The Bertz CT molecular complexity index is 924. The van der Waals surface area contributed by atoms with Crippen molar-refractivity contribution >= 4 is 0 Å². The van der Waals surface area contributed by atoms with Crippen LogP contribution in [-0.4, -0.2) is 51.4 Å². The van der Waals surface area contributed by atoms with Crippen LogP contribution in [0.25, 0.3) is 5.69 Å². The predicted octanol–water partition coefficient (Wildman–Crippen LogP) is 5.15. The molecule has 1 N–H and O–H groups in total. The highest BCUT2D eigenvalue weighted by Gasteiger charge is 2.24. The Balaban J connectivity index is 1.28. The van der Waals surface area contributed by atoms with E-state index in [2.05, 4.69) is 37.9 Å². The summed E-state index contributed by atoms with van der Waals surface area (Å²) < 4.78 is 9.77. The molecule has 1 aromatic carbocycles. The van der Waals surface area contributed by atoms with E-state index in [1.165, 1.54) is 12.8 Å². The number of aromatic nitrogens is 2. The molecule has 0 atom stereocenters. The minimum atomic E-state index is 0.0605. The van der Waals surface area contributed by atoms with E-state index in [1.807, 2.05) is 41.2 Å². The third kappa shape index (κ3) is 6.14. The van der Waals surface area contributed by atoms with Gasteiger partial charge in [0.25, 0.3) is 0 Å². The zero-order valence-electron chi connectivity index (χ0n) is 21.6. The van der Waals surface area contributed by atoms with Crippen LogP contribution < -0.4 is 15.7 Å². The molecule has 1 aromatic heterocycles. The van der Waals surface area contributed by atoms with Crippen molar-refractivity contribution in [2.75, 3.05) is 13.1 Å². The Morgan fingerprint density at radius 3 is 2.21 bits per heavy atom. The number of nitrogens with one attached hydrogen (secondary N) is 1. The Morgan fingerprint density at radius 1 is 0.941 bits per heavy atom. The van der Waals surface area contributed by atoms with Gasteiger partial charge in [-0.1, -0.05) is 0 Å². The first-order chi connectivity index (χ1) is 16.4. The Labute approximate surface area is 205 Å². The van der Waals surface area contributed by atoms with Gasteiger partial charge in [0.2, 0.25) is 0 Å². The highest BCUT2D eigenvalue weighted by Crippen LogP contribution is 2.28. The van der Waals surface area contributed by atoms with Gasteiger partial charge in [0, 0.05) is 49.7 Å². The maximum atomic E-state index is 13.2. The normalized spacial score (nSPS) is 21.7. The summed E-state index contributed by atoms with van der Waals surface area (Å²) in [6.07, 6.45) is 13.4. The van der Waals surface area contributed by atoms with Crippen LogP contribution in [0.4, 0.5) is 0 Å². The quantitative estimate of drug-likeness (QED) is 0.524. The highest BCUT2D eigenvalue weighted by atomic mass is 16.5.